The van der Waals surface area contributed by atoms with Gasteiger partial charge in [-0.25, -0.2) is 0 Å². The molecule has 0 saturated heterocycles. The first-order valence-electron chi connectivity index (χ1n) is 9.36. The summed E-state index contributed by atoms with van der Waals surface area (Å²) in [5.41, 5.74) is 6.37. The van der Waals surface area contributed by atoms with Gasteiger partial charge in [-0.15, -0.1) is 0 Å². The molecule has 0 aliphatic carbocycles. The van der Waals surface area contributed by atoms with Gasteiger partial charge >= 0.3 is 11.9 Å². The number of rotatable bonds is 13. The van der Waals surface area contributed by atoms with Gasteiger partial charge in [0.1, 0.15) is 18.6 Å². The van der Waals surface area contributed by atoms with Crippen molar-refractivity contribution in [2.75, 3.05) is 12.3 Å². The number of hydrogen-bond donors (Lipinski definition) is 7. The summed E-state index contributed by atoms with van der Waals surface area (Å²) >= 11 is 3.95. The summed E-state index contributed by atoms with van der Waals surface area (Å²) in [6.45, 7) is -0.695. The Morgan fingerprint density at radius 3 is 2.06 bits per heavy atom. The highest BCUT2D eigenvalue weighted by atomic mass is 32.1. The van der Waals surface area contributed by atoms with Crippen LogP contribution in [0.5, 0.6) is 0 Å². The predicted octanol–water partition coefficient (Wildman–Crippen LogP) is -1.48. The van der Waals surface area contributed by atoms with Crippen LogP contribution in [0.25, 0.3) is 0 Å². The Morgan fingerprint density at radius 1 is 0.903 bits per heavy atom. The zero-order chi connectivity index (χ0) is 23.4. The van der Waals surface area contributed by atoms with Gasteiger partial charge < -0.3 is 31.9 Å². The van der Waals surface area contributed by atoms with E-state index in [9.17, 15) is 24.0 Å². The van der Waals surface area contributed by atoms with Gasteiger partial charge in [-0.1, -0.05) is 30.3 Å². The summed E-state index contributed by atoms with van der Waals surface area (Å²) in [6, 6.07) is 5.39. The molecule has 0 spiro atoms. The minimum absolute atomic E-state index is 0.0460. The molecule has 0 heterocycles. The summed E-state index contributed by atoms with van der Waals surface area (Å²) in [4.78, 5) is 58.9. The van der Waals surface area contributed by atoms with Crippen LogP contribution in [0.15, 0.2) is 30.3 Å². The molecule has 0 aliphatic rings. The molecule has 12 heteroatoms. The predicted molar refractivity (Wildman–Crippen MR) is 113 cm³/mol. The first-order chi connectivity index (χ1) is 14.6. The van der Waals surface area contributed by atoms with Crippen LogP contribution in [-0.4, -0.2) is 70.3 Å². The van der Waals surface area contributed by atoms with E-state index in [-0.39, 0.29) is 18.6 Å². The number of thiol groups is 1. The van der Waals surface area contributed by atoms with Gasteiger partial charge in [0.15, 0.2) is 0 Å². The zero-order valence-corrected chi connectivity index (χ0v) is 17.5. The normalized spacial score (nSPS) is 13.4. The average Bonchev–Trinajstić information content (AvgIpc) is 2.74. The van der Waals surface area contributed by atoms with Gasteiger partial charge in [0.05, 0.1) is 6.04 Å². The third-order valence-electron chi connectivity index (χ3n) is 4.14. The highest BCUT2D eigenvalue weighted by Crippen LogP contribution is 2.06. The lowest BCUT2D eigenvalue weighted by Crippen LogP contribution is -2.57. The highest BCUT2D eigenvalue weighted by Gasteiger charge is 2.28. The molecule has 0 radical (unpaired) electrons. The zero-order valence-electron chi connectivity index (χ0n) is 16.6. The molecule has 0 saturated carbocycles. The maximum absolute atomic E-state index is 12.9. The molecule has 0 bridgehead atoms. The number of carbonyl (C=O) groups excluding carboxylic acids is 3. The van der Waals surface area contributed by atoms with Crippen molar-refractivity contribution < 1.29 is 34.2 Å². The number of amides is 3. The van der Waals surface area contributed by atoms with E-state index < -0.39 is 60.8 Å². The van der Waals surface area contributed by atoms with E-state index in [4.69, 9.17) is 15.9 Å². The van der Waals surface area contributed by atoms with E-state index in [1.807, 2.05) is 0 Å². The number of nitrogens with two attached hydrogens (primary N) is 1. The van der Waals surface area contributed by atoms with Crippen LogP contribution in [0.1, 0.15) is 18.4 Å². The van der Waals surface area contributed by atoms with E-state index in [0.29, 0.717) is 0 Å². The van der Waals surface area contributed by atoms with E-state index >= 15 is 0 Å². The first kappa shape index (κ1) is 25.9. The molecule has 0 aromatic heterocycles. The van der Waals surface area contributed by atoms with Gasteiger partial charge in [0.25, 0.3) is 0 Å². The Bertz CT molecular complexity index is 791. The van der Waals surface area contributed by atoms with Crippen LogP contribution in [0, 0.1) is 0 Å². The van der Waals surface area contributed by atoms with Crippen LogP contribution in [0.4, 0.5) is 0 Å². The second-order valence-electron chi connectivity index (χ2n) is 6.65. The Labute approximate surface area is 184 Å². The lowest BCUT2D eigenvalue weighted by Gasteiger charge is -2.24. The van der Waals surface area contributed by atoms with Gasteiger partial charge in [0.2, 0.25) is 17.7 Å². The number of aliphatic carboxylic acids is 2. The van der Waals surface area contributed by atoms with Crippen molar-refractivity contribution in [3.8, 4) is 0 Å². The second-order valence-corrected chi connectivity index (χ2v) is 7.01. The third-order valence-corrected chi connectivity index (χ3v) is 4.54. The molecule has 1 aromatic rings. The Kier molecular flexibility index (Phi) is 11.1. The molecular formula is C19H26N4O7S. The lowest BCUT2D eigenvalue weighted by atomic mass is 10.0. The van der Waals surface area contributed by atoms with E-state index in [2.05, 4.69) is 28.6 Å². The lowest BCUT2D eigenvalue weighted by molar-refractivity contribution is -0.140. The van der Waals surface area contributed by atoms with Crippen LogP contribution in [-0.2, 0) is 30.4 Å². The maximum Gasteiger partial charge on any atom is 0.322 e. The van der Waals surface area contributed by atoms with Gasteiger partial charge in [-0.05, 0) is 12.0 Å². The Hall–Kier alpha value is -3.12. The summed E-state index contributed by atoms with van der Waals surface area (Å²) in [7, 11) is 0. The Morgan fingerprint density at radius 2 is 1.52 bits per heavy atom. The number of carbonyl (C=O) groups is 5. The molecule has 1 aromatic carbocycles. The molecule has 0 fully saturated rings. The van der Waals surface area contributed by atoms with Crippen molar-refractivity contribution in [2.24, 2.45) is 5.73 Å². The van der Waals surface area contributed by atoms with Crippen molar-refractivity contribution in [3.05, 3.63) is 35.9 Å². The van der Waals surface area contributed by atoms with Gasteiger partial charge in [-0.2, -0.15) is 12.6 Å². The van der Waals surface area contributed by atoms with E-state index in [1.54, 1.807) is 30.3 Å². The van der Waals surface area contributed by atoms with E-state index in [0.717, 1.165) is 5.56 Å². The summed E-state index contributed by atoms with van der Waals surface area (Å²) in [5.74, 6) is -4.67. The molecule has 11 nitrogen and oxygen atoms in total. The van der Waals surface area contributed by atoms with Gasteiger partial charge in [-0.3, -0.25) is 24.0 Å². The molecule has 31 heavy (non-hydrogen) atoms. The van der Waals surface area contributed by atoms with Gasteiger partial charge in [0, 0.05) is 18.6 Å². The van der Waals surface area contributed by atoms with Crippen molar-refractivity contribution in [1.82, 2.24) is 16.0 Å². The standard InChI is InChI=1S/C19H26N4O7S/c20-12(10-31)17(28)23-14(8-11-4-2-1-3-5-11)19(30)22-13(6-7-15(24)25)18(29)21-9-16(26)27/h1-5,12-14,31H,6-10,20H2,(H,21,29)(H,22,30)(H,23,28)(H,24,25)(H,26,27). The SMILES string of the molecule is NC(CS)C(=O)NC(Cc1ccccc1)C(=O)NC(CCC(=O)O)C(=O)NCC(=O)O. The minimum Gasteiger partial charge on any atom is -0.481 e. The first-order valence-corrected chi connectivity index (χ1v) is 9.99. The van der Waals surface area contributed by atoms with Crippen molar-refractivity contribution in [2.45, 2.75) is 37.4 Å². The fourth-order valence-electron chi connectivity index (χ4n) is 2.52. The summed E-state index contributed by atoms with van der Waals surface area (Å²) < 4.78 is 0. The van der Waals surface area contributed by atoms with Crippen molar-refractivity contribution in [1.29, 1.82) is 0 Å². The van der Waals surface area contributed by atoms with Crippen molar-refractivity contribution >= 4 is 42.3 Å². The maximum atomic E-state index is 12.9. The number of nitrogens with one attached hydrogen (secondary N) is 3. The smallest absolute Gasteiger partial charge is 0.322 e. The van der Waals surface area contributed by atoms with Crippen LogP contribution >= 0.6 is 12.6 Å². The Balaban J connectivity index is 2.99. The van der Waals surface area contributed by atoms with Crippen LogP contribution in [0.3, 0.4) is 0 Å². The summed E-state index contributed by atoms with van der Waals surface area (Å²) in [6.07, 6.45) is -0.625. The fraction of sp³-hybridized carbons (Fsp3) is 0.421. The number of carboxylic acid groups (broad SMARTS) is 2. The number of carboxylic acids is 2. The third kappa shape index (κ3) is 9.96. The van der Waals surface area contributed by atoms with Crippen LogP contribution < -0.4 is 21.7 Å². The summed E-state index contributed by atoms with van der Waals surface area (Å²) in [5, 5.41) is 24.6. The number of benzene rings is 1. The average molecular weight is 455 g/mol. The largest absolute Gasteiger partial charge is 0.481 e. The van der Waals surface area contributed by atoms with Crippen LogP contribution in [0.2, 0.25) is 0 Å². The minimum atomic E-state index is -1.31. The second kappa shape index (κ2) is 13.2. The number of hydrogen-bond acceptors (Lipinski definition) is 7. The molecule has 170 valence electrons. The molecule has 7 N–H and O–H groups in total. The molecule has 3 unspecified atom stereocenters. The monoisotopic (exact) mass is 454 g/mol. The molecular weight excluding hydrogens is 428 g/mol. The molecule has 3 atom stereocenters. The molecule has 3 amide bonds. The fourth-order valence-corrected chi connectivity index (χ4v) is 2.68. The quantitative estimate of drug-likeness (QED) is 0.176. The topological polar surface area (TPSA) is 188 Å². The molecule has 0 aliphatic heterocycles. The van der Waals surface area contributed by atoms with Crippen molar-refractivity contribution in [3.63, 3.8) is 0 Å². The molecule has 1 rings (SSSR count). The van der Waals surface area contributed by atoms with E-state index in [1.165, 1.54) is 0 Å². The highest BCUT2D eigenvalue weighted by molar-refractivity contribution is 7.80.